The van der Waals surface area contributed by atoms with Gasteiger partial charge in [-0.25, -0.2) is 4.68 Å². The molecule has 0 saturated carbocycles. The number of amides is 1. The summed E-state index contributed by atoms with van der Waals surface area (Å²) in [6.45, 7) is 3.92. The number of benzene rings is 2. The largest absolute Gasteiger partial charge is 0.339 e. The second-order valence-electron chi connectivity index (χ2n) is 6.75. The Morgan fingerprint density at radius 3 is 2.30 bits per heavy atom. The molecule has 0 bridgehead atoms. The van der Waals surface area contributed by atoms with Crippen LogP contribution in [0.2, 0.25) is 0 Å². The monoisotopic (exact) mass is 462 g/mol. The Kier molecular flexibility index (Phi) is 5.58. The van der Waals surface area contributed by atoms with Crippen molar-refractivity contribution in [1.82, 2.24) is 20.0 Å². The predicted molar refractivity (Wildman–Crippen MR) is 120 cm³/mol. The van der Waals surface area contributed by atoms with Crippen LogP contribution in [0.5, 0.6) is 0 Å². The van der Waals surface area contributed by atoms with Crippen molar-refractivity contribution < 1.29 is 4.79 Å². The molecule has 0 spiro atoms. The second-order valence-corrected chi connectivity index (χ2v) is 7.61. The highest BCUT2D eigenvalue weighted by Gasteiger charge is 2.10. The minimum Gasteiger partial charge on any atom is -0.339 e. The number of aryl methyl sites for hydroxylation is 2. The number of hydrogen-bond acceptors (Lipinski definition) is 5. The third kappa shape index (κ3) is 4.38. The molecule has 0 fully saturated rings. The molecule has 4 rings (SSSR count). The predicted octanol–water partition coefficient (Wildman–Crippen LogP) is 5.04. The lowest BCUT2D eigenvalue weighted by Gasteiger charge is -2.09. The molecular weight excluding hydrogens is 444 g/mol. The molecule has 8 heteroatoms. The van der Waals surface area contributed by atoms with E-state index in [0.717, 1.165) is 21.5 Å². The molecule has 0 saturated heterocycles. The third-order valence-electron chi connectivity index (χ3n) is 4.41. The van der Waals surface area contributed by atoms with Crippen LogP contribution in [0.1, 0.15) is 21.7 Å². The summed E-state index contributed by atoms with van der Waals surface area (Å²) in [5.41, 5.74) is 4.05. The average molecular weight is 463 g/mol. The van der Waals surface area contributed by atoms with Crippen molar-refractivity contribution in [2.45, 2.75) is 13.8 Å². The Bertz CT molecular complexity index is 1190. The van der Waals surface area contributed by atoms with E-state index in [9.17, 15) is 4.79 Å². The van der Waals surface area contributed by atoms with Crippen molar-refractivity contribution in [3.05, 3.63) is 88.2 Å². The highest BCUT2D eigenvalue weighted by Crippen LogP contribution is 2.21. The normalized spacial score (nSPS) is 10.6. The first-order valence-corrected chi connectivity index (χ1v) is 10.1. The Labute approximate surface area is 182 Å². The lowest BCUT2D eigenvalue weighted by atomic mass is 10.2. The molecule has 150 valence electrons. The molecule has 2 aromatic heterocycles. The number of halogens is 1. The van der Waals surface area contributed by atoms with Gasteiger partial charge in [0.2, 0.25) is 0 Å². The van der Waals surface area contributed by atoms with Crippen LogP contribution in [0.15, 0.2) is 71.2 Å². The molecule has 7 nitrogen and oxygen atoms in total. The molecule has 4 aromatic rings. The van der Waals surface area contributed by atoms with Gasteiger partial charge in [0, 0.05) is 21.5 Å². The minimum absolute atomic E-state index is 0.172. The minimum atomic E-state index is -0.172. The summed E-state index contributed by atoms with van der Waals surface area (Å²) >= 11 is 3.39. The van der Waals surface area contributed by atoms with E-state index in [4.69, 9.17) is 0 Å². The van der Waals surface area contributed by atoms with Gasteiger partial charge in [-0.2, -0.15) is 5.10 Å². The molecule has 1 amide bonds. The number of nitrogens with zero attached hydrogens (tertiary/aromatic N) is 4. The number of nitrogens with one attached hydrogen (secondary N) is 2. The van der Waals surface area contributed by atoms with E-state index < -0.39 is 0 Å². The average Bonchev–Trinajstić information content (AvgIpc) is 3.08. The summed E-state index contributed by atoms with van der Waals surface area (Å²) in [5, 5.41) is 19.0. The Balaban J connectivity index is 1.42. The van der Waals surface area contributed by atoms with Crippen molar-refractivity contribution >= 4 is 39.0 Å². The quantitative estimate of drug-likeness (QED) is 0.433. The van der Waals surface area contributed by atoms with E-state index in [1.807, 2.05) is 74.5 Å². The zero-order valence-electron chi connectivity index (χ0n) is 16.4. The third-order valence-corrected chi connectivity index (χ3v) is 5.10. The fourth-order valence-electron chi connectivity index (χ4n) is 2.99. The number of carbonyl (C=O) groups is 1. The van der Waals surface area contributed by atoms with Crippen LogP contribution in [0, 0.1) is 13.8 Å². The SMILES string of the molecule is Cc1cc(C)n(-c2ccc(Nc3ccc(NC(=O)c4ccccc4Br)cc3)nn2)n1. The number of anilines is 3. The molecule has 0 aliphatic carbocycles. The van der Waals surface area contributed by atoms with Gasteiger partial charge in [-0.15, -0.1) is 10.2 Å². The molecule has 0 unspecified atom stereocenters. The highest BCUT2D eigenvalue weighted by atomic mass is 79.9. The maximum Gasteiger partial charge on any atom is 0.256 e. The van der Waals surface area contributed by atoms with Gasteiger partial charge in [-0.05, 0) is 84.4 Å². The van der Waals surface area contributed by atoms with Crippen molar-refractivity contribution in [3.63, 3.8) is 0 Å². The fraction of sp³-hybridized carbons (Fsp3) is 0.0909. The lowest BCUT2D eigenvalue weighted by molar-refractivity contribution is 0.102. The Hall–Kier alpha value is -3.52. The van der Waals surface area contributed by atoms with E-state index in [1.165, 1.54) is 0 Å². The van der Waals surface area contributed by atoms with Crippen molar-refractivity contribution in [2.75, 3.05) is 10.6 Å². The summed E-state index contributed by atoms with van der Waals surface area (Å²) in [6.07, 6.45) is 0. The van der Waals surface area contributed by atoms with Gasteiger partial charge < -0.3 is 10.6 Å². The summed E-state index contributed by atoms with van der Waals surface area (Å²) in [7, 11) is 0. The fourth-order valence-corrected chi connectivity index (χ4v) is 3.46. The molecule has 0 radical (unpaired) electrons. The summed E-state index contributed by atoms with van der Waals surface area (Å²) in [4.78, 5) is 12.4. The van der Waals surface area contributed by atoms with Crippen molar-refractivity contribution in [3.8, 4) is 5.82 Å². The Morgan fingerprint density at radius 1 is 0.933 bits per heavy atom. The van der Waals surface area contributed by atoms with Gasteiger partial charge in [0.25, 0.3) is 5.91 Å². The van der Waals surface area contributed by atoms with Gasteiger partial charge in [0.15, 0.2) is 11.6 Å². The second kappa shape index (κ2) is 8.46. The van der Waals surface area contributed by atoms with Crippen LogP contribution < -0.4 is 10.6 Å². The van der Waals surface area contributed by atoms with E-state index in [-0.39, 0.29) is 5.91 Å². The number of hydrogen-bond donors (Lipinski definition) is 2. The maximum absolute atomic E-state index is 12.4. The Morgan fingerprint density at radius 2 is 1.67 bits per heavy atom. The summed E-state index contributed by atoms with van der Waals surface area (Å²) in [6, 6.07) is 20.4. The molecular formula is C22H19BrN6O. The highest BCUT2D eigenvalue weighted by molar-refractivity contribution is 9.10. The molecule has 0 aliphatic rings. The lowest BCUT2D eigenvalue weighted by Crippen LogP contribution is -2.12. The van der Waals surface area contributed by atoms with Crippen molar-refractivity contribution in [1.29, 1.82) is 0 Å². The summed E-state index contributed by atoms with van der Waals surface area (Å²) < 4.78 is 2.51. The number of rotatable bonds is 5. The molecule has 2 N–H and O–H groups in total. The first-order valence-electron chi connectivity index (χ1n) is 9.30. The molecule has 2 heterocycles. The van der Waals surface area contributed by atoms with Crippen LogP contribution in [-0.4, -0.2) is 25.9 Å². The zero-order chi connectivity index (χ0) is 21.1. The van der Waals surface area contributed by atoms with Crippen LogP contribution in [0.25, 0.3) is 5.82 Å². The number of carbonyl (C=O) groups excluding carboxylic acids is 1. The van der Waals surface area contributed by atoms with E-state index in [0.29, 0.717) is 22.9 Å². The first-order chi connectivity index (χ1) is 14.5. The van der Waals surface area contributed by atoms with E-state index in [2.05, 4.69) is 41.9 Å². The molecule has 2 aromatic carbocycles. The van der Waals surface area contributed by atoms with Crippen LogP contribution in [0.4, 0.5) is 17.2 Å². The van der Waals surface area contributed by atoms with E-state index in [1.54, 1.807) is 10.7 Å². The van der Waals surface area contributed by atoms with Crippen LogP contribution >= 0.6 is 15.9 Å². The number of aromatic nitrogens is 4. The smallest absolute Gasteiger partial charge is 0.256 e. The van der Waals surface area contributed by atoms with Crippen LogP contribution in [0.3, 0.4) is 0 Å². The summed E-state index contributed by atoms with van der Waals surface area (Å²) in [5.74, 6) is 1.11. The standard InChI is InChI=1S/C22H19BrN6O/c1-14-13-15(2)29(28-14)21-12-11-20(26-27-21)24-16-7-9-17(10-8-16)25-22(30)18-5-3-4-6-19(18)23/h3-13H,1-2H3,(H,24,26)(H,25,30). The van der Waals surface area contributed by atoms with Crippen molar-refractivity contribution in [2.24, 2.45) is 0 Å². The van der Waals surface area contributed by atoms with Gasteiger partial charge in [0.05, 0.1) is 11.3 Å². The zero-order valence-corrected chi connectivity index (χ0v) is 18.0. The van der Waals surface area contributed by atoms with Gasteiger partial charge in [-0.3, -0.25) is 4.79 Å². The molecule has 30 heavy (non-hydrogen) atoms. The maximum atomic E-state index is 12.4. The molecule has 0 atom stereocenters. The van der Waals surface area contributed by atoms with Crippen LogP contribution in [-0.2, 0) is 0 Å². The topological polar surface area (TPSA) is 84.7 Å². The molecule has 0 aliphatic heterocycles. The van der Waals surface area contributed by atoms with Gasteiger partial charge in [0.1, 0.15) is 0 Å². The van der Waals surface area contributed by atoms with Gasteiger partial charge in [-0.1, -0.05) is 12.1 Å². The van der Waals surface area contributed by atoms with E-state index >= 15 is 0 Å². The van der Waals surface area contributed by atoms with Gasteiger partial charge >= 0.3 is 0 Å². The first kappa shape index (κ1) is 19.8.